The molecule has 0 fully saturated rings. The Balaban J connectivity index is 2.24. The lowest BCUT2D eigenvalue weighted by atomic mass is 10.1. The lowest BCUT2D eigenvalue weighted by molar-refractivity contribution is 0.0694. The van der Waals surface area contributed by atoms with Crippen molar-refractivity contribution in [3.05, 3.63) is 34.2 Å². The molecule has 0 saturated heterocycles. The van der Waals surface area contributed by atoms with Gasteiger partial charge in [0.2, 0.25) is 0 Å². The predicted octanol–water partition coefficient (Wildman–Crippen LogP) is 3.69. The molecule has 0 radical (unpaired) electrons. The normalized spacial score (nSPS) is 10.7. The van der Waals surface area contributed by atoms with Gasteiger partial charge in [0.05, 0.1) is 0 Å². The van der Waals surface area contributed by atoms with E-state index >= 15 is 0 Å². The summed E-state index contributed by atoms with van der Waals surface area (Å²) in [6.07, 6.45) is 13.0. The maximum Gasteiger partial charge on any atom is 0.341 e. The van der Waals surface area contributed by atoms with E-state index in [1.165, 1.54) is 50.8 Å². The number of aromatic nitrogens is 1. The molecule has 0 aliphatic heterocycles. The van der Waals surface area contributed by atoms with Crippen molar-refractivity contribution in [2.45, 2.75) is 64.8 Å². The molecule has 0 unspecified atom stereocenters. The van der Waals surface area contributed by atoms with Crippen molar-refractivity contribution in [1.29, 1.82) is 0 Å². The number of carboxylic acids is 1. The summed E-state index contributed by atoms with van der Waals surface area (Å²) < 4.78 is 1.79. The van der Waals surface area contributed by atoms with Crippen molar-refractivity contribution in [2.24, 2.45) is 0 Å². The fourth-order valence-corrected chi connectivity index (χ4v) is 2.25. The van der Waals surface area contributed by atoms with Gasteiger partial charge in [-0.1, -0.05) is 51.9 Å². The van der Waals surface area contributed by atoms with Gasteiger partial charge in [0, 0.05) is 25.0 Å². The number of pyridine rings is 1. The van der Waals surface area contributed by atoms with Crippen LogP contribution in [0.15, 0.2) is 23.3 Å². The average Bonchev–Trinajstić information content (AvgIpc) is 2.43. The molecule has 1 aromatic rings. The van der Waals surface area contributed by atoms with Gasteiger partial charge in [-0.05, 0) is 6.42 Å². The summed E-state index contributed by atoms with van der Waals surface area (Å²) in [4.78, 5) is 22.2. The molecule has 4 nitrogen and oxygen atoms in total. The molecule has 20 heavy (non-hydrogen) atoms. The minimum Gasteiger partial charge on any atom is -0.477 e. The average molecular weight is 279 g/mol. The van der Waals surface area contributed by atoms with Crippen LogP contribution in [0.2, 0.25) is 0 Å². The zero-order valence-corrected chi connectivity index (χ0v) is 12.3. The van der Waals surface area contributed by atoms with Crippen LogP contribution in [0.1, 0.15) is 68.6 Å². The number of unbranched alkanes of at least 4 members (excludes halogenated alkanes) is 7. The highest BCUT2D eigenvalue weighted by atomic mass is 16.4. The highest BCUT2D eigenvalue weighted by molar-refractivity contribution is 5.86. The van der Waals surface area contributed by atoms with Crippen LogP contribution in [0.3, 0.4) is 0 Å². The molecule has 0 atom stereocenters. The quantitative estimate of drug-likeness (QED) is 0.664. The highest BCUT2D eigenvalue weighted by Gasteiger charge is 2.07. The van der Waals surface area contributed by atoms with Gasteiger partial charge in [-0.2, -0.15) is 0 Å². The molecule has 0 spiro atoms. The van der Waals surface area contributed by atoms with Crippen LogP contribution in [-0.4, -0.2) is 15.6 Å². The molecule has 1 heterocycles. The maximum absolute atomic E-state index is 11.3. The summed E-state index contributed by atoms with van der Waals surface area (Å²) in [5.41, 5.74) is -0.572. The molecule has 0 bridgehead atoms. The van der Waals surface area contributed by atoms with E-state index in [1.54, 1.807) is 10.8 Å². The van der Waals surface area contributed by atoms with Crippen molar-refractivity contribution in [2.75, 3.05) is 0 Å². The molecule has 4 heteroatoms. The van der Waals surface area contributed by atoms with E-state index in [0.717, 1.165) is 19.4 Å². The zero-order valence-electron chi connectivity index (χ0n) is 12.3. The monoisotopic (exact) mass is 279 g/mol. The van der Waals surface area contributed by atoms with Crippen LogP contribution in [0.5, 0.6) is 0 Å². The van der Waals surface area contributed by atoms with Gasteiger partial charge >= 0.3 is 5.97 Å². The number of aromatic carboxylic acids is 1. The third-order valence-electron chi connectivity index (χ3n) is 3.48. The van der Waals surface area contributed by atoms with Crippen molar-refractivity contribution in [3.8, 4) is 0 Å². The Kier molecular flexibility index (Phi) is 7.70. The topological polar surface area (TPSA) is 59.3 Å². The van der Waals surface area contributed by atoms with E-state index in [2.05, 4.69) is 6.92 Å². The van der Waals surface area contributed by atoms with Crippen molar-refractivity contribution in [3.63, 3.8) is 0 Å². The summed E-state index contributed by atoms with van der Waals surface area (Å²) in [5.74, 6) is -1.15. The Morgan fingerprint density at radius 1 is 1.10 bits per heavy atom. The molecular weight excluding hydrogens is 254 g/mol. The molecule has 1 N–H and O–H groups in total. The van der Waals surface area contributed by atoms with E-state index in [-0.39, 0.29) is 5.56 Å². The van der Waals surface area contributed by atoms with Crippen LogP contribution in [0.4, 0.5) is 0 Å². The molecule has 1 aromatic heterocycles. The molecule has 0 aromatic carbocycles. The molecule has 0 aliphatic rings. The Labute approximate surface area is 120 Å². The largest absolute Gasteiger partial charge is 0.477 e. The second-order valence-corrected chi connectivity index (χ2v) is 5.24. The fourth-order valence-electron chi connectivity index (χ4n) is 2.25. The minimum atomic E-state index is -1.15. The Morgan fingerprint density at radius 2 is 1.70 bits per heavy atom. The lowest BCUT2D eigenvalue weighted by Gasteiger charge is -2.07. The van der Waals surface area contributed by atoms with Crippen LogP contribution in [-0.2, 0) is 6.54 Å². The Morgan fingerprint density at radius 3 is 2.30 bits per heavy atom. The number of carboxylic acid groups (broad SMARTS) is 1. The fraction of sp³-hybridized carbons (Fsp3) is 0.625. The Hall–Kier alpha value is -1.58. The SMILES string of the molecule is CCCCCCCCCCn1ccc(=O)c(C(=O)O)c1. The van der Waals surface area contributed by atoms with E-state index < -0.39 is 11.4 Å². The van der Waals surface area contributed by atoms with Gasteiger partial charge in [0.25, 0.3) is 0 Å². The molecule has 112 valence electrons. The smallest absolute Gasteiger partial charge is 0.341 e. The molecule has 0 aliphatic carbocycles. The van der Waals surface area contributed by atoms with Crippen molar-refractivity contribution >= 4 is 5.97 Å². The zero-order chi connectivity index (χ0) is 14.8. The maximum atomic E-state index is 11.3. The van der Waals surface area contributed by atoms with Gasteiger partial charge < -0.3 is 9.67 Å². The van der Waals surface area contributed by atoms with Crippen LogP contribution in [0.25, 0.3) is 0 Å². The standard InChI is InChI=1S/C16H25NO3/c1-2-3-4-5-6-7-8-9-11-17-12-10-15(18)14(13-17)16(19)20/h10,12-13H,2-9,11H2,1H3,(H,19,20). The van der Waals surface area contributed by atoms with Crippen LogP contribution < -0.4 is 5.43 Å². The summed E-state index contributed by atoms with van der Waals surface area (Å²) in [6, 6.07) is 1.33. The summed E-state index contributed by atoms with van der Waals surface area (Å²) in [7, 11) is 0. The first-order chi connectivity index (χ1) is 9.65. The summed E-state index contributed by atoms with van der Waals surface area (Å²) >= 11 is 0. The van der Waals surface area contributed by atoms with E-state index in [4.69, 9.17) is 5.11 Å². The minimum absolute atomic E-state index is 0.146. The predicted molar refractivity (Wildman–Crippen MR) is 80.3 cm³/mol. The molecular formula is C16H25NO3. The second-order valence-electron chi connectivity index (χ2n) is 5.24. The van der Waals surface area contributed by atoms with Gasteiger partial charge in [-0.15, -0.1) is 0 Å². The van der Waals surface area contributed by atoms with Gasteiger partial charge in [0.1, 0.15) is 5.56 Å². The summed E-state index contributed by atoms with van der Waals surface area (Å²) in [5, 5.41) is 8.89. The number of hydrogen-bond donors (Lipinski definition) is 1. The highest BCUT2D eigenvalue weighted by Crippen LogP contribution is 2.09. The molecule has 0 saturated carbocycles. The summed E-state index contributed by atoms with van der Waals surface area (Å²) in [6.45, 7) is 2.99. The van der Waals surface area contributed by atoms with Crippen LogP contribution in [0, 0.1) is 0 Å². The third-order valence-corrected chi connectivity index (χ3v) is 3.48. The van der Waals surface area contributed by atoms with Gasteiger partial charge in [-0.3, -0.25) is 4.79 Å². The second kappa shape index (κ2) is 9.34. The molecule has 1 rings (SSSR count). The Bertz CT molecular complexity index is 465. The lowest BCUT2D eigenvalue weighted by Crippen LogP contribution is -2.16. The van der Waals surface area contributed by atoms with Crippen LogP contribution >= 0.6 is 0 Å². The number of aryl methyl sites for hydroxylation is 1. The molecule has 0 amide bonds. The number of carbonyl (C=O) groups is 1. The first-order valence-corrected chi connectivity index (χ1v) is 7.58. The van der Waals surface area contributed by atoms with Crippen molar-refractivity contribution in [1.82, 2.24) is 4.57 Å². The third kappa shape index (κ3) is 6.04. The first kappa shape index (κ1) is 16.5. The van der Waals surface area contributed by atoms with E-state index in [1.807, 2.05) is 0 Å². The van der Waals surface area contributed by atoms with Gasteiger partial charge in [0.15, 0.2) is 5.43 Å². The first-order valence-electron chi connectivity index (χ1n) is 7.58. The number of nitrogens with zero attached hydrogens (tertiary/aromatic N) is 1. The van der Waals surface area contributed by atoms with Crippen molar-refractivity contribution < 1.29 is 9.90 Å². The number of rotatable bonds is 10. The number of hydrogen-bond acceptors (Lipinski definition) is 2. The van der Waals surface area contributed by atoms with Gasteiger partial charge in [-0.25, -0.2) is 4.79 Å². The van der Waals surface area contributed by atoms with E-state index in [0.29, 0.717) is 0 Å². The van der Waals surface area contributed by atoms with E-state index in [9.17, 15) is 9.59 Å².